The first-order valence-corrected chi connectivity index (χ1v) is 6.59. The molecule has 3 nitrogen and oxygen atoms in total. The van der Waals surface area contributed by atoms with Gasteiger partial charge in [-0.25, -0.2) is 4.98 Å². The van der Waals surface area contributed by atoms with E-state index in [2.05, 4.69) is 20.9 Å². The van der Waals surface area contributed by atoms with Gasteiger partial charge in [0, 0.05) is 23.3 Å². The van der Waals surface area contributed by atoms with Crippen LogP contribution in [0.15, 0.2) is 16.7 Å². The smallest absolute Gasteiger partial charge is 0.352 e. The highest BCUT2D eigenvalue weighted by molar-refractivity contribution is 9.10. The van der Waals surface area contributed by atoms with Gasteiger partial charge in [-0.3, -0.25) is 0 Å². The van der Waals surface area contributed by atoms with E-state index < -0.39 is 11.7 Å². The largest absolute Gasteiger partial charge is 0.419 e. The summed E-state index contributed by atoms with van der Waals surface area (Å²) in [7, 11) is 0. The number of rotatable bonds is 4. The summed E-state index contributed by atoms with van der Waals surface area (Å²) in [6.07, 6.45) is -1.22. The minimum atomic E-state index is -4.45. The monoisotopic (exact) mass is 333 g/mol. The number of pyridine rings is 1. The average molecular weight is 334 g/mol. The molecule has 0 aliphatic heterocycles. The number of aromatic nitrogens is 1. The molecule has 0 aromatic carbocycles. The second-order valence-corrected chi connectivity index (χ2v) is 5.27. The van der Waals surface area contributed by atoms with E-state index in [0.717, 1.165) is 18.9 Å². The molecule has 2 rings (SSSR count). The zero-order valence-corrected chi connectivity index (χ0v) is 11.5. The molecule has 1 aromatic rings. The number of alkyl halides is 3. The molecule has 0 atom stereocenters. The van der Waals surface area contributed by atoms with Gasteiger partial charge in [-0.05, 0) is 34.8 Å². The maximum Gasteiger partial charge on any atom is 0.419 e. The summed E-state index contributed by atoms with van der Waals surface area (Å²) in [5, 5.41) is 8.61. The van der Waals surface area contributed by atoms with Crippen molar-refractivity contribution < 1.29 is 13.2 Å². The molecule has 19 heavy (non-hydrogen) atoms. The van der Waals surface area contributed by atoms with E-state index in [4.69, 9.17) is 5.26 Å². The molecule has 0 saturated heterocycles. The molecule has 0 radical (unpaired) electrons. The Balaban J connectivity index is 2.38. The zero-order chi connectivity index (χ0) is 14.0. The number of halogens is 4. The summed E-state index contributed by atoms with van der Waals surface area (Å²) in [5.74, 6) is -0.0755. The summed E-state index contributed by atoms with van der Waals surface area (Å²) in [5.41, 5.74) is -0.758. The Kier molecular flexibility index (Phi) is 3.99. The maximum absolute atomic E-state index is 13.0. The summed E-state index contributed by atoms with van der Waals surface area (Å²) in [6, 6.07) is 3.06. The van der Waals surface area contributed by atoms with Crippen LogP contribution >= 0.6 is 15.9 Å². The summed E-state index contributed by atoms with van der Waals surface area (Å²) < 4.78 is 39.4. The van der Waals surface area contributed by atoms with Gasteiger partial charge in [0.25, 0.3) is 0 Å². The van der Waals surface area contributed by atoms with Crippen molar-refractivity contribution in [2.75, 3.05) is 11.4 Å². The van der Waals surface area contributed by atoms with Crippen molar-refractivity contribution in [1.82, 2.24) is 4.98 Å². The van der Waals surface area contributed by atoms with E-state index in [1.54, 1.807) is 4.90 Å². The van der Waals surface area contributed by atoms with Gasteiger partial charge in [0.1, 0.15) is 5.82 Å². The van der Waals surface area contributed by atoms with Crippen LogP contribution in [0.2, 0.25) is 0 Å². The summed E-state index contributed by atoms with van der Waals surface area (Å²) >= 11 is 3.01. The zero-order valence-electron chi connectivity index (χ0n) is 9.91. The lowest BCUT2D eigenvalue weighted by molar-refractivity contribution is -0.137. The lowest BCUT2D eigenvalue weighted by Crippen LogP contribution is -2.30. The molecule has 1 aromatic heterocycles. The van der Waals surface area contributed by atoms with Crippen molar-refractivity contribution in [3.63, 3.8) is 0 Å². The lowest BCUT2D eigenvalue weighted by atomic mass is 10.2. The third-order valence-corrected chi connectivity index (χ3v) is 3.30. The minimum Gasteiger partial charge on any atom is -0.352 e. The topological polar surface area (TPSA) is 39.9 Å². The van der Waals surface area contributed by atoms with E-state index in [0.29, 0.717) is 4.47 Å². The molecule has 1 heterocycles. The summed E-state index contributed by atoms with van der Waals surface area (Å²) in [4.78, 5) is 5.50. The van der Waals surface area contributed by atoms with Crippen LogP contribution < -0.4 is 4.90 Å². The highest BCUT2D eigenvalue weighted by atomic mass is 79.9. The van der Waals surface area contributed by atoms with Crippen LogP contribution in [0, 0.1) is 11.3 Å². The Morgan fingerprint density at radius 3 is 2.68 bits per heavy atom. The Morgan fingerprint density at radius 2 is 2.16 bits per heavy atom. The van der Waals surface area contributed by atoms with Crippen LogP contribution in [-0.2, 0) is 6.18 Å². The van der Waals surface area contributed by atoms with Crippen molar-refractivity contribution in [2.45, 2.75) is 31.5 Å². The van der Waals surface area contributed by atoms with Crippen LogP contribution in [0.3, 0.4) is 0 Å². The fourth-order valence-electron chi connectivity index (χ4n) is 1.89. The van der Waals surface area contributed by atoms with Gasteiger partial charge < -0.3 is 4.90 Å². The summed E-state index contributed by atoms with van der Waals surface area (Å²) in [6.45, 7) is 0.277. The standard InChI is InChI=1S/C12H11BrF3N3/c13-8-6-10(12(14,15)16)11(18-7-8)19(5-1-4-17)9-2-3-9/h6-7,9H,1-3,5H2. The molecule has 1 fully saturated rings. The van der Waals surface area contributed by atoms with Crippen LogP contribution in [0.4, 0.5) is 19.0 Å². The van der Waals surface area contributed by atoms with Gasteiger partial charge in [-0.2, -0.15) is 18.4 Å². The molecular weight excluding hydrogens is 323 g/mol. The van der Waals surface area contributed by atoms with Crippen molar-refractivity contribution in [1.29, 1.82) is 5.26 Å². The van der Waals surface area contributed by atoms with E-state index in [1.807, 2.05) is 6.07 Å². The molecule has 0 amide bonds. The van der Waals surface area contributed by atoms with Crippen LogP contribution in [0.5, 0.6) is 0 Å². The van der Waals surface area contributed by atoms with Crippen molar-refractivity contribution >= 4 is 21.7 Å². The molecule has 1 saturated carbocycles. The predicted octanol–water partition coefficient (Wildman–Crippen LogP) is 3.75. The molecular formula is C12H11BrF3N3. The Bertz CT molecular complexity index is 506. The first-order valence-electron chi connectivity index (χ1n) is 5.80. The number of anilines is 1. The van der Waals surface area contributed by atoms with Crippen LogP contribution in [-0.4, -0.2) is 17.6 Å². The normalized spacial score (nSPS) is 15.1. The molecule has 0 spiro atoms. The lowest BCUT2D eigenvalue weighted by Gasteiger charge is -2.25. The highest BCUT2D eigenvalue weighted by Gasteiger charge is 2.39. The van der Waals surface area contributed by atoms with E-state index in [-0.39, 0.29) is 24.8 Å². The second kappa shape index (κ2) is 5.37. The Morgan fingerprint density at radius 1 is 1.47 bits per heavy atom. The van der Waals surface area contributed by atoms with Crippen molar-refractivity contribution in [3.05, 3.63) is 22.3 Å². The third-order valence-electron chi connectivity index (χ3n) is 2.86. The Labute approximate surface area is 117 Å². The molecule has 7 heteroatoms. The molecule has 0 bridgehead atoms. The quantitative estimate of drug-likeness (QED) is 0.842. The van der Waals surface area contributed by atoms with Crippen molar-refractivity contribution in [2.24, 2.45) is 0 Å². The van der Waals surface area contributed by atoms with E-state index >= 15 is 0 Å². The number of hydrogen-bond donors (Lipinski definition) is 0. The van der Waals surface area contributed by atoms with Gasteiger partial charge >= 0.3 is 6.18 Å². The van der Waals surface area contributed by atoms with Gasteiger partial charge in [-0.15, -0.1) is 0 Å². The third kappa shape index (κ3) is 3.38. The molecule has 0 unspecified atom stereocenters. The first-order chi connectivity index (χ1) is 8.93. The van der Waals surface area contributed by atoms with Gasteiger partial charge in [0.15, 0.2) is 0 Å². The SMILES string of the molecule is N#CCCN(c1ncc(Br)cc1C(F)(F)F)C1CC1. The molecule has 1 aliphatic rings. The molecule has 1 aliphatic carbocycles. The fourth-order valence-corrected chi connectivity index (χ4v) is 2.22. The Hall–Kier alpha value is -1.29. The van der Waals surface area contributed by atoms with Crippen LogP contribution in [0.1, 0.15) is 24.8 Å². The fraction of sp³-hybridized carbons (Fsp3) is 0.500. The number of nitrogens with zero attached hydrogens (tertiary/aromatic N) is 3. The average Bonchev–Trinajstić information content (AvgIpc) is 3.14. The number of nitriles is 1. The van der Waals surface area contributed by atoms with E-state index in [9.17, 15) is 13.2 Å². The van der Waals surface area contributed by atoms with Gasteiger partial charge in [0.05, 0.1) is 18.1 Å². The van der Waals surface area contributed by atoms with Crippen LogP contribution in [0.25, 0.3) is 0 Å². The minimum absolute atomic E-state index is 0.0723. The second-order valence-electron chi connectivity index (χ2n) is 4.36. The molecule has 102 valence electrons. The van der Waals surface area contributed by atoms with Gasteiger partial charge in [-0.1, -0.05) is 0 Å². The first kappa shape index (κ1) is 14.1. The van der Waals surface area contributed by atoms with Gasteiger partial charge in [0.2, 0.25) is 0 Å². The molecule has 0 N–H and O–H groups in total. The predicted molar refractivity (Wildman–Crippen MR) is 67.5 cm³/mol. The maximum atomic E-state index is 13.0. The highest BCUT2D eigenvalue weighted by Crippen LogP contribution is 2.40. The number of hydrogen-bond acceptors (Lipinski definition) is 3. The van der Waals surface area contributed by atoms with E-state index in [1.165, 1.54) is 6.20 Å². The van der Waals surface area contributed by atoms with Crippen molar-refractivity contribution in [3.8, 4) is 6.07 Å².